The Bertz CT molecular complexity index is 585. The summed E-state index contributed by atoms with van der Waals surface area (Å²) in [5.41, 5.74) is 0.971. The first-order valence-electron chi connectivity index (χ1n) is 7.10. The van der Waals surface area contributed by atoms with Crippen LogP contribution in [0.5, 0.6) is 11.5 Å². The van der Waals surface area contributed by atoms with E-state index in [1.807, 2.05) is 18.2 Å². The average Bonchev–Trinajstić information content (AvgIpc) is 2.58. The SMILES string of the molecule is COc1ccc(OCC(=O)N(C)CCc2ccccn2)cc1. The average molecular weight is 300 g/mol. The molecule has 0 aliphatic rings. The maximum Gasteiger partial charge on any atom is 0.260 e. The van der Waals surface area contributed by atoms with Crippen LogP contribution in [0.15, 0.2) is 48.7 Å². The van der Waals surface area contributed by atoms with Crippen LogP contribution >= 0.6 is 0 Å². The maximum absolute atomic E-state index is 12.0. The highest BCUT2D eigenvalue weighted by molar-refractivity contribution is 5.77. The number of benzene rings is 1. The molecule has 0 aliphatic heterocycles. The summed E-state index contributed by atoms with van der Waals surface area (Å²) < 4.78 is 10.5. The molecule has 1 aromatic carbocycles. The van der Waals surface area contributed by atoms with Crippen LogP contribution in [0.3, 0.4) is 0 Å². The molecule has 22 heavy (non-hydrogen) atoms. The lowest BCUT2D eigenvalue weighted by atomic mass is 10.2. The molecule has 1 aromatic heterocycles. The van der Waals surface area contributed by atoms with Crippen molar-refractivity contribution in [3.63, 3.8) is 0 Å². The normalized spacial score (nSPS) is 10.1. The summed E-state index contributed by atoms with van der Waals surface area (Å²) in [5, 5.41) is 0. The minimum absolute atomic E-state index is 0.0189. The number of nitrogens with zero attached hydrogens (tertiary/aromatic N) is 2. The number of aromatic nitrogens is 1. The third kappa shape index (κ3) is 4.77. The van der Waals surface area contributed by atoms with E-state index in [9.17, 15) is 4.79 Å². The Morgan fingerprint density at radius 2 is 1.86 bits per heavy atom. The van der Waals surface area contributed by atoms with E-state index in [0.29, 0.717) is 12.3 Å². The zero-order valence-corrected chi connectivity index (χ0v) is 12.9. The fourth-order valence-corrected chi connectivity index (χ4v) is 1.88. The number of hydrogen-bond donors (Lipinski definition) is 0. The van der Waals surface area contributed by atoms with Crippen LogP contribution in [0.4, 0.5) is 0 Å². The molecule has 0 atom stereocenters. The smallest absolute Gasteiger partial charge is 0.260 e. The fraction of sp³-hybridized carbons (Fsp3) is 0.294. The van der Waals surface area contributed by atoms with Crippen molar-refractivity contribution < 1.29 is 14.3 Å². The Morgan fingerprint density at radius 3 is 2.50 bits per heavy atom. The summed E-state index contributed by atoms with van der Waals surface area (Å²) >= 11 is 0. The summed E-state index contributed by atoms with van der Waals surface area (Å²) in [7, 11) is 3.37. The monoisotopic (exact) mass is 300 g/mol. The standard InChI is InChI=1S/C17H20N2O3/c1-19(12-10-14-5-3-4-11-18-14)17(20)13-22-16-8-6-15(21-2)7-9-16/h3-9,11H,10,12-13H2,1-2H3. The molecule has 0 radical (unpaired) electrons. The van der Waals surface area contributed by atoms with Crippen molar-refractivity contribution in [3.8, 4) is 11.5 Å². The van der Waals surface area contributed by atoms with Crippen LogP contribution in [-0.2, 0) is 11.2 Å². The van der Waals surface area contributed by atoms with Gasteiger partial charge in [0.1, 0.15) is 11.5 Å². The van der Waals surface area contributed by atoms with Crippen molar-refractivity contribution in [1.29, 1.82) is 0 Å². The maximum atomic E-state index is 12.0. The predicted molar refractivity (Wildman–Crippen MR) is 84.1 cm³/mol. The molecule has 5 nitrogen and oxygen atoms in total. The molecule has 0 spiro atoms. The lowest BCUT2D eigenvalue weighted by Gasteiger charge is -2.17. The zero-order chi connectivity index (χ0) is 15.8. The zero-order valence-electron chi connectivity index (χ0n) is 12.9. The van der Waals surface area contributed by atoms with Crippen molar-refractivity contribution in [3.05, 3.63) is 54.4 Å². The van der Waals surface area contributed by atoms with E-state index >= 15 is 0 Å². The minimum atomic E-state index is -0.0632. The Balaban J connectivity index is 1.76. The summed E-state index contributed by atoms with van der Waals surface area (Å²) in [6, 6.07) is 12.9. The first kappa shape index (κ1) is 15.8. The van der Waals surface area contributed by atoms with Gasteiger partial charge >= 0.3 is 0 Å². The van der Waals surface area contributed by atoms with Crippen molar-refractivity contribution in [2.75, 3.05) is 27.3 Å². The second-order valence-electron chi connectivity index (χ2n) is 4.85. The number of amides is 1. The van der Waals surface area contributed by atoms with Crippen LogP contribution in [0.1, 0.15) is 5.69 Å². The Kier molecular flexibility index (Phi) is 5.77. The molecular weight excluding hydrogens is 280 g/mol. The highest BCUT2D eigenvalue weighted by Gasteiger charge is 2.10. The molecule has 116 valence electrons. The third-order valence-corrected chi connectivity index (χ3v) is 3.28. The molecule has 0 bridgehead atoms. The van der Waals surface area contributed by atoms with Crippen LogP contribution in [-0.4, -0.2) is 43.1 Å². The fourth-order valence-electron chi connectivity index (χ4n) is 1.88. The van der Waals surface area contributed by atoms with E-state index < -0.39 is 0 Å². The number of likely N-dealkylation sites (N-methyl/N-ethyl adjacent to an activating group) is 1. The lowest BCUT2D eigenvalue weighted by molar-refractivity contribution is -0.132. The second-order valence-corrected chi connectivity index (χ2v) is 4.85. The van der Waals surface area contributed by atoms with Gasteiger partial charge in [0.25, 0.3) is 5.91 Å². The van der Waals surface area contributed by atoms with Crippen LogP contribution < -0.4 is 9.47 Å². The Hall–Kier alpha value is -2.56. The van der Waals surface area contributed by atoms with Gasteiger partial charge in [-0.3, -0.25) is 9.78 Å². The summed E-state index contributed by atoms with van der Waals surface area (Å²) in [6.45, 7) is 0.632. The van der Waals surface area contributed by atoms with Crippen LogP contribution in [0.25, 0.3) is 0 Å². The van der Waals surface area contributed by atoms with Gasteiger partial charge in [-0.05, 0) is 36.4 Å². The molecule has 1 heterocycles. The molecule has 2 aromatic rings. The lowest BCUT2D eigenvalue weighted by Crippen LogP contribution is -2.33. The molecule has 0 saturated heterocycles. The highest BCUT2D eigenvalue weighted by atomic mass is 16.5. The highest BCUT2D eigenvalue weighted by Crippen LogP contribution is 2.16. The molecule has 0 fully saturated rings. The van der Waals surface area contributed by atoms with E-state index in [2.05, 4.69) is 4.98 Å². The van der Waals surface area contributed by atoms with Gasteiger partial charge in [0.2, 0.25) is 0 Å². The first-order chi connectivity index (χ1) is 10.7. The largest absolute Gasteiger partial charge is 0.497 e. The third-order valence-electron chi connectivity index (χ3n) is 3.28. The van der Waals surface area contributed by atoms with Crippen LogP contribution in [0, 0.1) is 0 Å². The first-order valence-corrected chi connectivity index (χ1v) is 7.10. The molecule has 0 N–H and O–H groups in total. The topological polar surface area (TPSA) is 51.7 Å². The molecule has 2 rings (SSSR count). The molecule has 0 saturated carbocycles. The van der Waals surface area contributed by atoms with Gasteiger partial charge in [-0.25, -0.2) is 0 Å². The van der Waals surface area contributed by atoms with Gasteiger partial charge in [0.15, 0.2) is 6.61 Å². The second kappa shape index (κ2) is 8.02. The van der Waals surface area contributed by atoms with Crippen LogP contribution in [0.2, 0.25) is 0 Å². The van der Waals surface area contributed by atoms with E-state index in [4.69, 9.17) is 9.47 Å². The number of rotatable bonds is 7. The Labute approximate surface area is 130 Å². The van der Waals surface area contributed by atoms with Gasteiger partial charge in [-0.1, -0.05) is 6.07 Å². The number of hydrogen-bond acceptors (Lipinski definition) is 4. The number of methoxy groups -OCH3 is 1. The van der Waals surface area contributed by atoms with Gasteiger partial charge in [-0.15, -0.1) is 0 Å². The molecule has 1 amide bonds. The number of carbonyl (C=O) groups is 1. The predicted octanol–water partition coefficient (Wildman–Crippen LogP) is 2.17. The summed E-state index contributed by atoms with van der Waals surface area (Å²) in [5.74, 6) is 1.34. The van der Waals surface area contributed by atoms with Gasteiger partial charge in [0, 0.05) is 31.9 Å². The minimum Gasteiger partial charge on any atom is -0.497 e. The van der Waals surface area contributed by atoms with E-state index in [-0.39, 0.29) is 12.5 Å². The van der Waals surface area contributed by atoms with E-state index in [0.717, 1.165) is 17.9 Å². The van der Waals surface area contributed by atoms with Gasteiger partial charge in [0.05, 0.1) is 7.11 Å². The van der Waals surface area contributed by atoms with Gasteiger partial charge < -0.3 is 14.4 Å². The molecular formula is C17H20N2O3. The van der Waals surface area contributed by atoms with Crippen molar-refractivity contribution in [2.24, 2.45) is 0 Å². The number of pyridine rings is 1. The van der Waals surface area contributed by atoms with E-state index in [1.165, 1.54) is 0 Å². The Morgan fingerprint density at radius 1 is 1.14 bits per heavy atom. The van der Waals surface area contributed by atoms with Crippen molar-refractivity contribution in [1.82, 2.24) is 9.88 Å². The summed E-state index contributed by atoms with van der Waals surface area (Å²) in [6.07, 6.45) is 2.48. The van der Waals surface area contributed by atoms with Crippen molar-refractivity contribution in [2.45, 2.75) is 6.42 Å². The van der Waals surface area contributed by atoms with Crippen molar-refractivity contribution >= 4 is 5.91 Å². The molecule has 0 unspecified atom stereocenters. The number of carbonyl (C=O) groups excluding carboxylic acids is 1. The van der Waals surface area contributed by atoms with E-state index in [1.54, 1.807) is 49.5 Å². The van der Waals surface area contributed by atoms with Gasteiger partial charge in [-0.2, -0.15) is 0 Å². The quantitative estimate of drug-likeness (QED) is 0.786. The number of ether oxygens (including phenoxy) is 2. The molecule has 5 heteroatoms. The molecule has 0 aliphatic carbocycles. The summed E-state index contributed by atoms with van der Waals surface area (Å²) in [4.78, 5) is 17.9.